The van der Waals surface area contributed by atoms with Crippen molar-refractivity contribution in [2.75, 3.05) is 6.61 Å². The van der Waals surface area contributed by atoms with Crippen molar-refractivity contribution in [3.8, 4) is 0 Å². The fourth-order valence-corrected chi connectivity index (χ4v) is 3.55. The summed E-state index contributed by atoms with van der Waals surface area (Å²) in [5, 5.41) is 10.6. The Labute approximate surface area is 158 Å². The Hall–Kier alpha value is -1.75. The van der Waals surface area contributed by atoms with Crippen molar-refractivity contribution < 1.29 is 23.8 Å². The van der Waals surface area contributed by atoms with Crippen LogP contribution in [0.15, 0.2) is 21.9 Å². The van der Waals surface area contributed by atoms with Crippen molar-refractivity contribution in [2.24, 2.45) is 0 Å². The zero-order valence-corrected chi connectivity index (χ0v) is 17.5. The van der Waals surface area contributed by atoms with Crippen molar-refractivity contribution in [1.82, 2.24) is 9.55 Å². The lowest BCUT2D eigenvalue weighted by Gasteiger charge is -2.37. The van der Waals surface area contributed by atoms with Crippen LogP contribution in [0.2, 0.25) is 18.1 Å². The highest BCUT2D eigenvalue weighted by Crippen LogP contribution is 2.38. The van der Waals surface area contributed by atoms with Gasteiger partial charge in [0.15, 0.2) is 20.6 Å². The SMILES string of the molecule is CC(=O)O[C@@H]1[C@H](O)[C@@H](CO[Si](C)(C)C(C)(C)C)O[C@H]1n1ccc(=O)[nH]c1=O. The summed E-state index contributed by atoms with van der Waals surface area (Å²) in [4.78, 5) is 37.0. The summed E-state index contributed by atoms with van der Waals surface area (Å²) in [7, 11) is -2.09. The van der Waals surface area contributed by atoms with Gasteiger partial charge in [-0.3, -0.25) is 19.1 Å². The molecule has 0 radical (unpaired) electrons. The molecule has 1 aliphatic heterocycles. The maximum Gasteiger partial charge on any atom is 0.330 e. The standard InChI is InChI=1S/C17H28N2O7Si/c1-10(20)25-14-13(22)11(9-24-27(5,6)17(2,3)4)26-15(14)19-8-7-12(21)18-16(19)23/h7-8,11,13-15,22H,9H2,1-6H3,(H,18,21,23)/t11-,13-,14-,15-/m1/s1. The minimum absolute atomic E-state index is 0.0267. The minimum Gasteiger partial charge on any atom is -0.455 e. The third-order valence-electron chi connectivity index (χ3n) is 5.15. The zero-order chi connectivity index (χ0) is 20.6. The van der Waals surface area contributed by atoms with Crippen molar-refractivity contribution in [3.05, 3.63) is 33.1 Å². The number of hydrogen-bond donors (Lipinski definition) is 2. The largest absolute Gasteiger partial charge is 0.455 e. The van der Waals surface area contributed by atoms with Crippen LogP contribution in [0, 0.1) is 0 Å². The fraction of sp³-hybridized carbons (Fsp3) is 0.706. The van der Waals surface area contributed by atoms with Gasteiger partial charge in [0.1, 0.15) is 12.2 Å². The first kappa shape index (κ1) is 21.5. The molecule has 0 amide bonds. The second-order valence-electron chi connectivity index (χ2n) is 8.22. The van der Waals surface area contributed by atoms with Gasteiger partial charge < -0.3 is 19.0 Å². The molecule has 0 saturated carbocycles. The van der Waals surface area contributed by atoms with E-state index >= 15 is 0 Å². The van der Waals surface area contributed by atoms with Gasteiger partial charge in [-0.25, -0.2) is 4.79 Å². The molecule has 10 heteroatoms. The summed E-state index contributed by atoms with van der Waals surface area (Å²) in [5.41, 5.74) is -1.28. The van der Waals surface area contributed by atoms with Crippen LogP contribution in [0.3, 0.4) is 0 Å². The number of carbonyl (C=O) groups is 1. The molecule has 27 heavy (non-hydrogen) atoms. The number of esters is 1. The first-order valence-corrected chi connectivity index (χ1v) is 11.7. The normalized spacial score (nSPS) is 26.2. The lowest BCUT2D eigenvalue weighted by Crippen LogP contribution is -2.45. The van der Waals surface area contributed by atoms with Gasteiger partial charge >= 0.3 is 11.7 Å². The van der Waals surface area contributed by atoms with E-state index in [0.29, 0.717) is 0 Å². The molecule has 1 aromatic heterocycles. The van der Waals surface area contributed by atoms with E-state index in [1.54, 1.807) is 0 Å². The molecule has 1 aliphatic rings. The molecule has 9 nitrogen and oxygen atoms in total. The number of aromatic nitrogens is 2. The Morgan fingerprint density at radius 1 is 1.37 bits per heavy atom. The average molecular weight is 401 g/mol. The van der Waals surface area contributed by atoms with Gasteiger partial charge in [-0.1, -0.05) is 20.8 Å². The molecular weight excluding hydrogens is 372 g/mol. The number of aliphatic hydroxyl groups excluding tert-OH is 1. The van der Waals surface area contributed by atoms with Gasteiger partial charge in [0.05, 0.1) is 6.61 Å². The monoisotopic (exact) mass is 400 g/mol. The van der Waals surface area contributed by atoms with Gasteiger partial charge in [0.2, 0.25) is 0 Å². The van der Waals surface area contributed by atoms with E-state index < -0.39 is 50.1 Å². The van der Waals surface area contributed by atoms with E-state index in [4.69, 9.17) is 13.9 Å². The Kier molecular flexibility index (Phi) is 6.15. The molecule has 1 fully saturated rings. The highest BCUT2D eigenvalue weighted by atomic mass is 28.4. The zero-order valence-electron chi connectivity index (χ0n) is 16.5. The number of aliphatic hydroxyl groups is 1. The third-order valence-corrected chi connectivity index (χ3v) is 9.66. The number of nitrogens with zero attached hydrogens (tertiary/aromatic N) is 1. The minimum atomic E-state index is -2.09. The van der Waals surface area contributed by atoms with E-state index in [9.17, 15) is 19.5 Å². The maximum absolute atomic E-state index is 12.1. The van der Waals surface area contributed by atoms with E-state index in [0.717, 1.165) is 10.6 Å². The predicted octanol–water partition coefficient (Wildman–Crippen LogP) is 0.748. The number of rotatable bonds is 5. The lowest BCUT2D eigenvalue weighted by atomic mass is 10.1. The van der Waals surface area contributed by atoms with Crippen LogP contribution in [0.5, 0.6) is 0 Å². The molecular formula is C17H28N2O7Si. The molecule has 1 aromatic rings. The second-order valence-corrected chi connectivity index (χ2v) is 13.0. The summed E-state index contributed by atoms with van der Waals surface area (Å²) in [5.74, 6) is -0.615. The van der Waals surface area contributed by atoms with Crippen molar-refractivity contribution in [1.29, 1.82) is 0 Å². The summed E-state index contributed by atoms with van der Waals surface area (Å²) in [6.07, 6.45) is -2.89. The summed E-state index contributed by atoms with van der Waals surface area (Å²) in [6.45, 7) is 11.7. The summed E-state index contributed by atoms with van der Waals surface area (Å²) >= 11 is 0. The Morgan fingerprint density at radius 2 is 2.00 bits per heavy atom. The van der Waals surface area contributed by atoms with Crippen LogP contribution in [-0.4, -0.2) is 53.9 Å². The van der Waals surface area contributed by atoms with E-state index in [1.165, 1.54) is 13.1 Å². The first-order valence-electron chi connectivity index (χ1n) is 8.79. The van der Waals surface area contributed by atoms with Crippen LogP contribution < -0.4 is 11.2 Å². The van der Waals surface area contributed by atoms with Crippen molar-refractivity contribution in [3.63, 3.8) is 0 Å². The topological polar surface area (TPSA) is 120 Å². The molecule has 2 N–H and O–H groups in total. The molecule has 4 atom stereocenters. The number of nitrogens with one attached hydrogen (secondary N) is 1. The molecule has 152 valence electrons. The summed E-state index contributed by atoms with van der Waals surface area (Å²) in [6, 6.07) is 1.15. The molecule has 0 aliphatic carbocycles. The lowest BCUT2D eigenvalue weighted by molar-refractivity contribution is -0.156. The van der Waals surface area contributed by atoms with Crippen LogP contribution in [0.25, 0.3) is 0 Å². The van der Waals surface area contributed by atoms with Crippen LogP contribution in [-0.2, 0) is 18.7 Å². The van der Waals surface area contributed by atoms with Gasteiger partial charge in [0, 0.05) is 19.2 Å². The van der Waals surface area contributed by atoms with Crippen LogP contribution >= 0.6 is 0 Å². The van der Waals surface area contributed by atoms with Gasteiger partial charge in [-0.15, -0.1) is 0 Å². The number of ether oxygens (including phenoxy) is 2. The highest BCUT2D eigenvalue weighted by molar-refractivity contribution is 6.74. The number of aromatic amines is 1. The number of hydrogen-bond acceptors (Lipinski definition) is 7. The number of carbonyl (C=O) groups excluding carboxylic acids is 1. The van der Waals surface area contributed by atoms with E-state index in [-0.39, 0.29) is 11.6 Å². The average Bonchev–Trinajstić information content (AvgIpc) is 2.80. The Bertz CT molecular complexity index is 795. The maximum atomic E-state index is 12.1. The third kappa shape index (κ3) is 4.75. The van der Waals surface area contributed by atoms with E-state index in [2.05, 4.69) is 38.8 Å². The summed E-state index contributed by atoms with van der Waals surface area (Å²) < 4.78 is 18.2. The Morgan fingerprint density at radius 3 is 2.52 bits per heavy atom. The van der Waals surface area contributed by atoms with Gasteiger partial charge in [0.25, 0.3) is 5.56 Å². The molecule has 0 bridgehead atoms. The number of H-pyrrole nitrogens is 1. The molecule has 0 spiro atoms. The first-order chi connectivity index (χ1) is 12.3. The molecule has 2 heterocycles. The van der Waals surface area contributed by atoms with E-state index in [1.807, 2.05) is 0 Å². The van der Waals surface area contributed by atoms with Crippen molar-refractivity contribution >= 4 is 14.3 Å². The molecule has 0 aromatic carbocycles. The molecule has 0 unspecified atom stereocenters. The molecule has 2 rings (SSSR count). The van der Waals surface area contributed by atoms with Gasteiger partial charge in [-0.05, 0) is 18.1 Å². The predicted molar refractivity (Wildman–Crippen MR) is 99.9 cm³/mol. The smallest absolute Gasteiger partial charge is 0.330 e. The second kappa shape index (κ2) is 7.70. The quantitative estimate of drug-likeness (QED) is 0.553. The van der Waals surface area contributed by atoms with Crippen LogP contribution in [0.1, 0.15) is 33.9 Å². The molecule has 1 saturated heterocycles. The van der Waals surface area contributed by atoms with Gasteiger partial charge in [-0.2, -0.15) is 0 Å². The Balaban J connectivity index is 2.26. The fourth-order valence-electron chi connectivity index (χ4n) is 2.53. The highest BCUT2D eigenvalue weighted by Gasteiger charge is 2.48. The van der Waals surface area contributed by atoms with Crippen molar-refractivity contribution in [2.45, 2.75) is 70.4 Å². The van der Waals surface area contributed by atoms with Crippen LogP contribution in [0.4, 0.5) is 0 Å².